The third kappa shape index (κ3) is 3.76. The SMILES string of the molecule is CC1CC=CC=C1c1nc(-c2cccc(-n3c4ccc5ccccc5c4c4c5ccccc5ccc43)c2)nc2ccccc12. The molecule has 0 amide bonds. The van der Waals surface area contributed by atoms with Crippen LogP contribution in [0.4, 0.5) is 0 Å². The van der Waals surface area contributed by atoms with Crippen LogP contribution < -0.4 is 0 Å². The summed E-state index contributed by atoms with van der Waals surface area (Å²) in [6.07, 6.45) is 7.63. The van der Waals surface area contributed by atoms with Gasteiger partial charge in [-0.2, -0.15) is 0 Å². The van der Waals surface area contributed by atoms with Crippen molar-refractivity contribution in [3.05, 3.63) is 145 Å². The average molecular weight is 564 g/mol. The van der Waals surface area contributed by atoms with Crippen molar-refractivity contribution in [2.75, 3.05) is 0 Å². The normalized spacial score (nSPS) is 15.1. The number of hydrogen-bond donors (Lipinski definition) is 0. The van der Waals surface area contributed by atoms with E-state index in [1.807, 2.05) is 0 Å². The summed E-state index contributed by atoms with van der Waals surface area (Å²) >= 11 is 0. The summed E-state index contributed by atoms with van der Waals surface area (Å²) in [5.41, 5.74) is 7.76. The molecule has 1 unspecified atom stereocenters. The van der Waals surface area contributed by atoms with E-state index < -0.39 is 0 Å². The topological polar surface area (TPSA) is 30.7 Å². The van der Waals surface area contributed by atoms with E-state index in [1.54, 1.807) is 0 Å². The Bertz CT molecular complexity index is 2400. The highest BCUT2D eigenvalue weighted by Gasteiger charge is 2.20. The van der Waals surface area contributed by atoms with E-state index in [1.165, 1.54) is 48.9 Å². The van der Waals surface area contributed by atoms with Gasteiger partial charge in [0.05, 0.1) is 22.2 Å². The van der Waals surface area contributed by atoms with E-state index in [4.69, 9.17) is 9.97 Å². The van der Waals surface area contributed by atoms with Crippen molar-refractivity contribution in [3.63, 3.8) is 0 Å². The second-order valence-electron chi connectivity index (χ2n) is 11.8. The highest BCUT2D eigenvalue weighted by Crippen LogP contribution is 2.41. The molecule has 208 valence electrons. The molecule has 1 aliphatic rings. The molecule has 2 aromatic heterocycles. The zero-order valence-corrected chi connectivity index (χ0v) is 24.4. The smallest absolute Gasteiger partial charge is 0.160 e. The van der Waals surface area contributed by atoms with E-state index in [0.717, 1.165) is 40.1 Å². The van der Waals surface area contributed by atoms with Gasteiger partial charge in [0, 0.05) is 27.4 Å². The summed E-state index contributed by atoms with van der Waals surface area (Å²) in [4.78, 5) is 10.3. The maximum absolute atomic E-state index is 5.25. The Balaban J connectivity index is 1.32. The minimum atomic E-state index is 0.403. The quantitative estimate of drug-likeness (QED) is 0.214. The van der Waals surface area contributed by atoms with Crippen LogP contribution in [0.2, 0.25) is 0 Å². The van der Waals surface area contributed by atoms with Crippen molar-refractivity contribution in [3.8, 4) is 17.1 Å². The predicted molar refractivity (Wildman–Crippen MR) is 185 cm³/mol. The molecule has 0 spiro atoms. The Morgan fingerprint density at radius 1 is 0.636 bits per heavy atom. The van der Waals surface area contributed by atoms with Crippen LogP contribution in [0.1, 0.15) is 19.0 Å². The van der Waals surface area contributed by atoms with Crippen molar-refractivity contribution in [2.24, 2.45) is 5.92 Å². The van der Waals surface area contributed by atoms with Crippen molar-refractivity contribution in [2.45, 2.75) is 13.3 Å². The van der Waals surface area contributed by atoms with Crippen LogP contribution in [0.3, 0.4) is 0 Å². The van der Waals surface area contributed by atoms with E-state index in [-0.39, 0.29) is 0 Å². The first-order chi connectivity index (χ1) is 21.7. The van der Waals surface area contributed by atoms with Crippen LogP contribution in [0.25, 0.3) is 76.9 Å². The minimum absolute atomic E-state index is 0.403. The van der Waals surface area contributed by atoms with E-state index in [0.29, 0.717) is 5.92 Å². The number of allylic oxidation sites excluding steroid dienone is 4. The van der Waals surface area contributed by atoms with Crippen molar-refractivity contribution >= 4 is 59.8 Å². The molecule has 1 aliphatic carbocycles. The largest absolute Gasteiger partial charge is 0.309 e. The molecule has 0 bridgehead atoms. The molecule has 0 saturated heterocycles. The molecule has 6 aromatic carbocycles. The Morgan fingerprint density at radius 2 is 1.30 bits per heavy atom. The summed E-state index contributed by atoms with van der Waals surface area (Å²) < 4.78 is 2.41. The van der Waals surface area contributed by atoms with E-state index in [9.17, 15) is 0 Å². The van der Waals surface area contributed by atoms with Crippen molar-refractivity contribution in [1.29, 1.82) is 0 Å². The first kappa shape index (κ1) is 25.0. The summed E-state index contributed by atoms with van der Waals surface area (Å²) in [5, 5.41) is 8.71. The van der Waals surface area contributed by atoms with Gasteiger partial charge in [0.1, 0.15) is 0 Å². The Labute approximate surface area is 255 Å². The lowest BCUT2D eigenvalue weighted by atomic mass is 9.89. The molecule has 2 heterocycles. The average Bonchev–Trinajstić information content (AvgIpc) is 3.43. The van der Waals surface area contributed by atoms with E-state index in [2.05, 4.69) is 151 Å². The lowest BCUT2D eigenvalue weighted by Gasteiger charge is -2.19. The van der Waals surface area contributed by atoms with Gasteiger partial charge in [-0.25, -0.2) is 9.97 Å². The number of aromatic nitrogens is 3. The Morgan fingerprint density at radius 3 is 2.00 bits per heavy atom. The predicted octanol–water partition coefficient (Wildman–Crippen LogP) is 10.7. The summed E-state index contributed by atoms with van der Waals surface area (Å²) in [5.74, 6) is 1.15. The molecule has 44 heavy (non-hydrogen) atoms. The molecule has 0 radical (unpaired) electrons. The third-order valence-corrected chi connectivity index (χ3v) is 9.22. The molecule has 0 fully saturated rings. The van der Waals surface area contributed by atoms with Crippen LogP contribution in [-0.2, 0) is 0 Å². The molecular formula is C41H29N3. The molecule has 3 nitrogen and oxygen atoms in total. The number of hydrogen-bond acceptors (Lipinski definition) is 2. The molecule has 1 atom stereocenters. The van der Waals surface area contributed by atoms with Gasteiger partial charge in [-0.3, -0.25) is 0 Å². The second kappa shape index (κ2) is 9.75. The first-order valence-corrected chi connectivity index (χ1v) is 15.3. The minimum Gasteiger partial charge on any atom is -0.309 e. The van der Waals surface area contributed by atoms with Crippen molar-refractivity contribution < 1.29 is 0 Å². The van der Waals surface area contributed by atoms with Crippen LogP contribution in [-0.4, -0.2) is 14.5 Å². The lowest BCUT2D eigenvalue weighted by molar-refractivity contribution is 0.755. The van der Waals surface area contributed by atoms with Crippen LogP contribution >= 0.6 is 0 Å². The van der Waals surface area contributed by atoms with Gasteiger partial charge in [0.15, 0.2) is 5.82 Å². The van der Waals surface area contributed by atoms with Gasteiger partial charge >= 0.3 is 0 Å². The van der Waals surface area contributed by atoms with Crippen molar-refractivity contribution in [1.82, 2.24) is 14.5 Å². The zero-order valence-electron chi connectivity index (χ0n) is 24.4. The second-order valence-corrected chi connectivity index (χ2v) is 11.8. The van der Waals surface area contributed by atoms with Gasteiger partial charge < -0.3 is 4.57 Å². The maximum Gasteiger partial charge on any atom is 0.160 e. The molecule has 8 aromatic rings. The first-order valence-electron chi connectivity index (χ1n) is 15.3. The molecule has 9 rings (SSSR count). The summed E-state index contributed by atoms with van der Waals surface area (Å²) in [7, 11) is 0. The zero-order chi connectivity index (χ0) is 29.2. The third-order valence-electron chi connectivity index (χ3n) is 9.22. The number of para-hydroxylation sites is 1. The monoisotopic (exact) mass is 563 g/mol. The Hall–Kier alpha value is -5.54. The van der Waals surface area contributed by atoms with Gasteiger partial charge in [-0.15, -0.1) is 0 Å². The Kier molecular flexibility index (Phi) is 5.54. The lowest BCUT2D eigenvalue weighted by Crippen LogP contribution is -2.05. The van der Waals surface area contributed by atoms with Gasteiger partial charge in [0.25, 0.3) is 0 Å². The fraction of sp³-hybridized carbons (Fsp3) is 0.0732. The van der Waals surface area contributed by atoms with Crippen LogP contribution in [0, 0.1) is 5.92 Å². The van der Waals surface area contributed by atoms with Gasteiger partial charge in [-0.05, 0) is 69.8 Å². The fourth-order valence-electron chi connectivity index (χ4n) is 7.09. The fourth-order valence-corrected chi connectivity index (χ4v) is 7.09. The molecular weight excluding hydrogens is 534 g/mol. The van der Waals surface area contributed by atoms with Gasteiger partial charge in [0.2, 0.25) is 0 Å². The number of rotatable bonds is 3. The highest BCUT2D eigenvalue weighted by atomic mass is 15.0. The van der Waals surface area contributed by atoms with Crippen LogP contribution in [0.15, 0.2) is 140 Å². The summed E-state index contributed by atoms with van der Waals surface area (Å²) in [6.45, 7) is 2.28. The highest BCUT2D eigenvalue weighted by molar-refractivity contribution is 6.28. The molecule has 3 heteroatoms. The summed E-state index contributed by atoms with van der Waals surface area (Å²) in [6, 6.07) is 43.6. The standard InChI is InChI=1S/C41H29N3/c1-26-11-2-5-16-31(26)40-34-19-8-9-20-35(34)42-41(43-40)29-14-10-15-30(25-29)44-36-23-21-27-12-3-6-17-32(27)38(36)39-33-18-7-4-13-28(33)22-24-37(39)44/h2-10,12-26H,11H2,1H3. The molecule has 0 saturated carbocycles. The number of nitrogens with zero attached hydrogens (tertiary/aromatic N) is 3. The molecule has 0 N–H and O–H groups in total. The van der Waals surface area contributed by atoms with Crippen LogP contribution in [0.5, 0.6) is 0 Å². The van der Waals surface area contributed by atoms with E-state index >= 15 is 0 Å². The maximum atomic E-state index is 5.25. The molecule has 0 aliphatic heterocycles. The number of fused-ring (bicyclic) bond motifs is 8. The van der Waals surface area contributed by atoms with Gasteiger partial charge in [-0.1, -0.05) is 116 Å². The number of benzene rings is 6.